The Labute approximate surface area is 159 Å². The fourth-order valence-electron chi connectivity index (χ4n) is 3.47. The van der Waals surface area contributed by atoms with Gasteiger partial charge >= 0.3 is 0 Å². The zero-order valence-corrected chi connectivity index (χ0v) is 16.1. The van der Waals surface area contributed by atoms with E-state index in [4.69, 9.17) is 0 Å². The van der Waals surface area contributed by atoms with Gasteiger partial charge in [-0.15, -0.1) is 0 Å². The van der Waals surface area contributed by atoms with Crippen molar-refractivity contribution in [2.24, 2.45) is 0 Å². The molecule has 0 saturated carbocycles. The number of sulfonamides is 1. The summed E-state index contributed by atoms with van der Waals surface area (Å²) in [6, 6.07) is 13.7. The number of aryl methyl sites for hydroxylation is 1. The summed E-state index contributed by atoms with van der Waals surface area (Å²) in [5.74, 6) is -0.130. The Morgan fingerprint density at radius 2 is 1.89 bits per heavy atom. The Bertz CT molecular complexity index is 910. The number of anilines is 1. The van der Waals surface area contributed by atoms with Gasteiger partial charge in [-0.25, -0.2) is 8.42 Å². The maximum absolute atomic E-state index is 13.2. The molecular weight excluding hydrogens is 364 g/mol. The first-order chi connectivity index (χ1) is 13.0. The second-order valence-electron chi connectivity index (χ2n) is 6.52. The van der Waals surface area contributed by atoms with Crippen LogP contribution in [0.15, 0.2) is 53.4 Å². The second kappa shape index (κ2) is 8.21. The van der Waals surface area contributed by atoms with E-state index in [1.54, 1.807) is 19.1 Å². The quantitative estimate of drug-likeness (QED) is 0.764. The molecule has 1 aliphatic rings. The molecule has 1 unspecified atom stereocenters. The minimum atomic E-state index is -3.78. The Balaban J connectivity index is 1.90. The maximum atomic E-state index is 13.2. The molecule has 2 N–H and O–H groups in total. The molecule has 0 bridgehead atoms. The monoisotopic (exact) mass is 388 g/mol. The van der Waals surface area contributed by atoms with Gasteiger partial charge in [0.1, 0.15) is 0 Å². The molecule has 1 atom stereocenters. The number of nitrogens with one attached hydrogen (secondary N) is 1. The molecule has 7 heteroatoms. The van der Waals surface area contributed by atoms with Gasteiger partial charge in [-0.05, 0) is 48.2 Å². The van der Waals surface area contributed by atoms with Crippen molar-refractivity contribution in [1.29, 1.82) is 0 Å². The number of benzene rings is 2. The van der Waals surface area contributed by atoms with Gasteiger partial charge in [0.15, 0.2) is 0 Å². The molecule has 0 aliphatic heterocycles. The lowest BCUT2D eigenvalue weighted by atomic mass is 10.1. The molecule has 0 heterocycles. The average molecular weight is 388 g/mol. The van der Waals surface area contributed by atoms with Gasteiger partial charge in [0.25, 0.3) is 0 Å². The molecule has 0 saturated heterocycles. The second-order valence-corrected chi connectivity index (χ2v) is 8.41. The first-order valence-corrected chi connectivity index (χ1v) is 10.5. The lowest BCUT2D eigenvalue weighted by Crippen LogP contribution is -2.36. The van der Waals surface area contributed by atoms with Crippen molar-refractivity contribution < 1.29 is 18.3 Å². The predicted octanol–water partition coefficient (Wildman–Crippen LogP) is 2.71. The topological polar surface area (TPSA) is 86.7 Å². The summed E-state index contributed by atoms with van der Waals surface area (Å²) in [5, 5.41) is 12.2. The molecule has 2 aromatic rings. The van der Waals surface area contributed by atoms with E-state index in [1.807, 2.05) is 24.3 Å². The molecule has 3 rings (SSSR count). The van der Waals surface area contributed by atoms with Crippen LogP contribution in [0.25, 0.3) is 0 Å². The lowest BCUT2D eigenvalue weighted by molar-refractivity contribution is -0.115. The van der Waals surface area contributed by atoms with E-state index >= 15 is 0 Å². The van der Waals surface area contributed by atoms with Crippen molar-refractivity contribution in [3.05, 3.63) is 59.7 Å². The van der Waals surface area contributed by atoms with Gasteiger partial charge in [-0.3, -0.25) is 4.79 Å². The highest BCUT2D eigenvalue weighted by atomic mass is 32.2. The van der Waals surface area contributed by atoms with Crippen molar-refractivity contribution in [3.63, 3.8) is 0 Å². The van der Waals surface area contributed by atoms with Crippen molar-refractivity contribution in [2.75, 3.05) is 18.5 Å². The van der Waals surface area contributed by atoms with E-state index < -0.39 is 10.0 Å². The van der Waals surface area contributed by atoms with Crippen molar-refractivity contribution in [1.82, 2.24) is 4.31 Å². The van der Waals surface area contributed by atoms with Gasteiger partial charge < -0.3 is 10.4 Å². The van der Waals surface area contributed by atoms with Crippen LogP contribution in [-0.2, 0) is 21.2 Å². The summed E-state index contributed by atoms with van der Waals surface area (Å²) < 4.78 is 27.9. The summed E-state index contributed by atoms with van der Waals surface area (Å²) in [6.45, 7) is 1.54. The van der Waals surface area contributed by atoms with Gasteiger partial charge in [0.05, 0.1) is 17.5 Å². The Morgan fingerprint density at radius 3 is 2.56 bits per heavy atom. The van der Waals surface area contributed by atoms with Crippen molar-refractivity contribution in [3.8, 4) is 0 Å². The van der Waals surface area contributed by atoms with Gasteiger partial charge in [0, 0.05) is 18.7 Å². The predicted molar refractivity (Wildman–Crippen MR) is 104 cm³/mol. The number of fused-ring (bicyclic) bond motifs is 1. The van der Waals surface area contributed by atoms with Crippen LogP contribution in [0, 0.1) is 0 Å². The van der Waals surface area contributed by atoms with E-state index in [9.17, 15) is 18.3 Å². The standard InChI is InChI=1S/C20H24N2O4S/c1-2-20(24)21-16-8-10-17(11-9-16)27(25,26)22(13-14-23)19-12-7-15-5-3-4-6-18(15)19/h3-6,8-11,19,23H,2,7,12-14H2,1H3,(H,21,24). The molecule has 1 aliphatic carbocycles. The van der Waals surface area contributed by atoms with Crippen LogP contribution in [0.3, 0.4) is 0 Å². The summed E-state index contributed by atoms with van der Waals surface area (Å²) in [4.78, 5) is 11.6. The summed E-state index contributed by atoms with van der Waals surface area (Å²) in [7, 11) is -3.78. The molecule has 0 spiro atoms. The molecule has 6 nitrogen and oxygen atoms in total. The number of carbonyl (C=O) groups excluding carboxylic acids is 1. The van der Waals surface area contributed by atoms with E-state index in [-0.39, 0.29) is 30.0 Å². The van der Waals surface area contributed by atoms with E-state index in [2.05, 4.69) is 5.32 Å². The number of aliphatic hydroxyl groups is 1. The molecule has 27 heavy (non-hydrogen) atoms. The van der Waals surface area contributed by atoms with Crippen LogP contribution < -0.4 is 5.32 Å². The van der Waals surface area contributed by atoms with Crippen LogP contribution >= 0.6 is 0 Å². The highest BCUT2D eigenvalue weighted by molar-refractivity contribution is 7.89. The molecule has 2 aromatic carbocycles. The van der Waals surface area contributed by atoms with Crippen LogP contribution in [-0.4, -0.2) is 36.9 Å². The third-order valence-electron chi connectivity index (χ3n) is 4.83. The fraction of sp³-hybridized carbons (Fsp3) is 0.350. The minimum Gasteiger partial charge on any atom is -0.395 e. The minimum absolute atomic E-state index is 0.0374. The van der Waals surface area contributed by atoms with E-state index in [1.165, 1.54) is 16.4 Å². The number of hydrogen-bond acceptors (Lipinski definition) is 4. The largest absolute Gasteiger partial charge is 0.395 e. The number of nitrogens with zero attached hydrogens (tertiary/aromatic N) is 1. The normalized spacial score (nSPS) is 16.3. The average Bonchev–Trinajstić information content (AvgIpc) is 3.10. The molecule has 144 valence electrons. The number of aliphatic hydroxyl groups excluding tert-OH is 1. The number of carbonyl (C=O) groups is 1. The van der Waals surface area contributed by atoms with Crippen LogP contribution in [0.4, 0.5) is 5.69 Å². The van der Waals surface area contributed by atoms with Crippen LogP contribution in [0.5, 0.6) is 0 Å². The number of amides is 1. The Kier molecular flexibility index (Phi) is 5.94. The molecule has 0 aromatic heterocycles. The zero-order valence-electron chi connectivity index (χ0n) is 15.3. The van der Waals surface area contributed by atoms with Gasteiger partial charge in [-0.2, -0.15) is 4.31 Å². The third-order valence-corrected chi connectivity index (χ3v) is 6.76. The lowest BCUT2D eigenvalue weighted by Gasteiger charge is -2.28. The Morgan fingerprint density at radius 1 is 1.19 bits per heavy atom. The molecule has 0 radical (unpaired) electrons. The number of rotatable bonds is 7. The zero-order chi connectivity index (χ0) is 19.4. The fourth-order valence-corrected chi connectivity index (χ4v) is 5.10. The SMILES string of the molecule is CCC(=O)Nc1ccc(S(=O)(=O)N(CCO)C2CCc3ccccc32)cc1. The molecular formula is C20H24N2O4S. The first-order valence-electron chi connectivity index (χ1n) is 9.07. The first kappa shape index (κ1) is 19.5. The maximum Gasteiger partial charge on any atom is 0.243 e. The molecule has 0 fully saturated rings. The third kappa shape index (κ3) is 4.05. The smallest absolute Gasteiger partial charge is 0.243 e. The highest BCUT2D eigenvalue weighted by Crippen LogP contribution is 2.38. The summed E-state index contributed by atoms with van der Waals surface area (Å²) in [5.41, 5.74) is 2.71. The Hall–Kier alpha value is -2.22. The summed E-state index contributed by atoms with van der Waals surface area (Å²) >= 11 is 0. The van der Waals surface area contributed by atoms with Gasteiger partial charge in [-0.1, -0.05) is 31.2 Å². The van der Waals surface area contributed by atoms with Crippen molar-refractivity contribution in [2.45, 2.75) is 37.1 Å². The van der Waals surface area contributed by atoms with Crippen LogP contribution in [0.1, 0.15) is 36.9 Å². The highest BCUT2D eigenvalue weighted by Gasteiger charge is 2.35. The molecule has 1 amide bonds. The van der Waals surface area contributed by atoms with E-state index in [0.717, 1.165) is 17.5 Å². The van der Waals surface area contributed by atoms with Gasteiger partial charge in [0.2, 0.25) is 15.9 Å². The van der Waals surface area contributed by atoms with Crippen molar-refractivity contribution >= 4 is 21.6 Å². The van der Waals surface area contributed by atoms with E-state index in [0.29, 0.717) is 18.5 Å². The van der Waals surface area contributed by atoms with Crippen LogP contribution in [0.2, 0.25) is 0 Å². The number of hydrogen-bond donors (Lipinski definition) is 2. The summed E-state index contributed by atoms with van der Waals surface area (Å²) in [6.07, 6.45) is 1.87.